The number of fused-ring (bicyclic) bond motifs is 2. The molecule has 264 valence electrons. The number of para-hydroxylation sites is 1. The summed E-state index contributed by atoms with van der Waals surface area (Å²) in [7, 11) is 0. The Morgan fingerprint density at radius 1 is 0.698 bits per heavy atom. The maximum Gasteiger partial charge on any atom is 0.217 e. The van der Waals surface area contributed by atoms with Gasteiger partial charge >= 0.3 is 0 Å². The third-order valence-corrected chi connectivity index (χ3v) is 10.6. The number of phenols is 1. The molecule has 0 amide bonds. The molecule has 6 aromatic carbocycles. The zero-order valence-corrected chi connectivity index (χ0v) is 31.8. The maximum absolute atomic E-state index is 10.5. The van der Waals surface area contributed by atoms with Crippen LogP contribution in [0.5, 0.6) is 17.4 Å². The molecule has 6 heteroatoms. The predicted octanol–water partition coefficient (Wildman–Crippen LogP) is 11.4. The van der Waals surface area contributed by atoms with Crippen LogP contribution in [0.3, 0.4) is 0 Å². The van der Waals surface area contributed by atoms with E-state index in [-0.39, 0.29) is 44.3 Å². The molecule has 1 N–H and O–H groups in total. The second-order valence-corrected chi connectivity index (χ2v) is 14.4. The number of nitrogens with zero attached hydrogens (tertiary/aromatic N) is 3. The topological polar surface area (TPSA) is 58.0 Å². The van der Waals surface area contributed by atoms with Crippen LogP contribution in [0.1, 0.15) is 32.3 Å². The quantitative estimate of drug-likeness (QED) is 0.162. The van der Waals surface area contributed by atoms with Crippen LogP contribution in [0.25, 0.3) is 44.3 Å². The Kier molecular flexibility index (Phi) is 9.22. The Balaban J connectivity index is 0.00000400. The summed E-state index contributed by atoms with van der Waals surface area (Å²) in [5.74, 6) is 1.93. The Morgan fingerprint density at radius 2 is 1.32 bits per heavy atom. The van der Waals surface area contributed by atoms with Gasteiger partial charge in [-0.05, 0) is 64.8 Å². The summed E-state index contributed by atoms with van der Waals surface area (Å²) in [5.41, 5.74) is 9.45. The number of aromatic hydroxyl groups is 1. The molecule has 1 aliphatic carbocycles. The number of rotatable bonds is 7. The van der Waals surface area contributed by atoms with E-state index in [4.69, 9.17) is 9.73 Å². The maximum atomic E-state index is 10.5. The van der Waals surface area contributed by atoms with Gasteiger partial charge in [-0.25, -0.2) is 4.98 Å². The second kappa shape index (κ2) is 14.1. The summed E-state index contributed by atoms with van der Waals surface area (Å²) in [6.45, 7) is 4.77. The van der Waals surface area contributed by atoms with Crippen LogP contribution in [-0.4, -0.2) is 28.0 Å². The zero-order chi connectivity index (χ0) is 35.2. The fraction of sp³-hybridized carbons (Fsp3) is 0.149. The normalized spacial score (nSPS) is 17.2. The van der Waals surface area contributed by atoms with Crippen LogP contribution < -0.4 is 9.64 Å². The van der Waals surface area contributed by atoms with Crippen molar-refractivity contribution in [1.29, 1.82) is 0 Å². The minimum absolute atomic E-state index is 0. The van der Waals surface area contributed by atoms with E-state index in [1.807, 2.05) is 36.4 Å². The molecule has 0 radical (unpaired) electrons. The first kappa shape index (κ1) is 34.6. The van der Waals surface area contributed by atoms with Crippen molar-refractivity contribution in [3.05, 3.63) is 163 Å². The smallest absolute Gasteiger partial charge is 0.217 e. The summed E-state index contributed by atoms with van der Waals surface area (Å²) in [6.07, 6.45) is 2.11. The summed E-state index contributed by atoms with van der Waals surface area (Å²) in [4.78, 5) is 12.7. The van der Waals surface area contributed by atoms with E-state index in [9.17, 15) is 5.11 Å². The predicted molar refractivity (Wildman–Crippen MR) is 211 cm³/mol. The van der Waals surface area contributed by atoms with E-state index >= 15 is 0 Å². The molecule has 0 unspecified atom stereocenters. The van der Waals surface area contributed by atoms with Crippen molar-refractivity contribution in [2.75, 3.05) is 4.90 Å². The molecule has 1 aromatic heterocycles. The van der Waals surface area contributed by atoms with Crippen LogP contribution in [0.15, 0.2) is 157 Å². The molecule has 9 rings (SSSR count). The number of pyridine rings is 1. The molecule has 1 aliphatic heterocycles. The average Bonchev–Trinajstić information content (AvgIpc) is 3.72. The van der Waals surface area contributed by atoms with Crippen molar-refractivity contribution >= 4 is 22.4 Å². The van der Waals surface area contributed by atoms with E-state index < -0.39 is 0 Å². The van der Waals surface area contributed by atoms with Crippen LogP contribution in [0, 0.1) is 11.5 Å². The molecule has 2 aliphatic rings. The monoisotopic (exact) mass is 871 g/mol. The van der Waals surface area contributed by atoms with E-state index in [2.05, 4.69) is 139 Å². The zero-order valence-electron chi connectivity index (χ0n) is 29.5. The molecule has 0 spiro atoms. The van der Waals surface area contributed by atoms with Gasteiger partial charge in [-0.15, -0.1) is 23.8 Å². The summed E-state index contributed by atoms with van der Waals surface area (Å²) < 4.78 is 6.32. The number of amidine groups is 1. The standard InChI is InChI=1S/C47H38N3O2.Pt/c1-47(2)27-26-40-45(47)50(46(48-40)35-21-12-22-37(28-35)52-42-25-24-34-20-13-23-41(51)43(34)49-42)44-38(32-16-8-4-9-17-32)29-36(31-14-6-3-7-15-31)30-39(44)33-18-10-5-11-19-33;/h3-25,29-30,40,45,51H,26-27H2,1-2H3;/q-1;/t40-,45+;/m0./s1. The van der Waals surface area contributed by atoms with Gasteiger partial charge < -0.3 is 19.7 Å². The minimum atomic E-state index is 0. The number of aliphatic imine (C=N–C) groups is 1. The molecule has 0 bridgehead atoms. The van der Waals surface area contributed by atoms with Gasteiger partial charge in [-0.2, -0.15) is 0 Å². The molecule has 2 heterocycles. The first-order valence-corrected chi connectivity index (χ1v) is 17.9. The van der Waals surface area contributed by atoms with Crippen molar-refractivity contribution < 1.29 is 30.9 Å². The van der Waals surface area contributed by atoms with Crippen molar-refractivity contribution in [3.8, 4) is 50.8 Å². The molecule has 0 saturated heterocycles. The minimum Gasteiger partial charge on any atom is -0.506 e. The molecule has 5 nitrogen and oxygen atoms in total. The largest absolute Gasteiger partial charge is 0.506 e. The SMILES string of the molecule is CC1(C)CC[C@@H]2N=C(c3[c-]c(Oc4ccc5cccc(O)c5n4)ccc3)N(c3c(-c4ccccc4)cc(-c4ccccc4)cc3-c3ccccc3)[C@H]21.[Pt]. The molecule has 1 saturated carbocycles. The molecular formula is C47H38N3O2Pt-. The number of ether oxygens (including phenoxy) is 1. The molecule has 53 heavy (non-hydrogen) atoms. The summed E-state index contributed by atoms with van der Waals surface area (Å²) >= 11 is 0. The summed E-state index contributed by atoms with van der Waals surface area (Å²) in [6, 6.07) is 55.7. The summed E-state index contributed by atoms with van der Waals surface area (Å²) in [5, 5.41) is 11.3. The van der Waals surface area contributed by atoms with Gasteiger partial charge in [-0.1, -0.05) is 123 Å². The van der Waals surface area contributed by atoms with Gasteiger partial charge in [0.25, 0.3) is 0 Å². The fourth-order valence-corrected chi connectivity index (χ4v) is 8.09. The van der Waals surface area contributed by atoms with Crippen LogP contribution in [-0.2, 0) is 21.1 Å². The van der Waals surface area contributed by atoms with Gasteiger partial charge in [0.1, 0.15) is 11.3 Å². The Hall–Kier alpha value is -5.51. The molecule has 2 atom stereocenters. The second-order valence-electron chi connectivity index (χ2n) is 14.4. The molecular weight excluding hydrogens is 834 g/mol. The number of hydrogen-bond donors (Lipinski definition) is 1. The van der Waals surface area contributed by atoms with Crippen molar-refractivity contribution in [1.82, 2.24) is 4.98 Å². The van der Waals surface area contributed by atoms with Gasteiger partial charge in [0.2, 0.25) is 5.88 Å². The van der Waals surface area contributed by atoms with E-state index in [0.29, 0.717) is 17.1 Å². The number of benzene rings is 6. The van der Waals surface area contributed by atoms with Crippen molar-refractivity contribution in [2.24, 2.45) is 10.4 Å². The third kappa shape index (κ3) is 6.44. The number of aromatic nitrogens is 1. The third-order valence-electron chi connectivity index (χ3n) is 10.6. The van der Waals surface area contributed by atoms with Crippen LogP contribution in [0.4, 0.5) is 5.69 Å². The number of anilines is 1. The first-order chi connectivity index (χ1) is 25.4. The van der Waals surface area contributed by atoms with Gasteiger partial charge in [-0.3, -0.25) is 0 Å². The first-order valence-electron chi connectivity index (χ1n) is 17.9. The van der Waals surface area contributed by atoms with Crippen LogP contribution in [0.2, 0.25) is 0 Å². The van der Waals surface area contributed by atoms with E-state index in [0.717, 1.165) is 63.1 Å². The van der Waals surface area contributed by atoms with Gasteiger partial charge in [0, 0.05) is 49.4 Å². The van der Waals surface area contributed by atoms with Crippen molar-refractivity contribution in [3.63, 3.8) is 0 Å². The van der Waals surface area contributed by atoms with Gasteiger partial charge in [0.15, 0.2) is 0 Å². The van der Waals surface area contributed by atoms with E-state index in [1.165, 1.54) is 5.56 Å². The Morgan fingerprint density at radius 3 is 1.98 bits per heavy atom. The van der Waals surface area contributed by atoms with Crippen molar-refractivity contribution in [2.45, 2.75) is 38.8 Å². The Labute approximate surface area is 324 Å². The van der Waals surface area contributed by atoms with Crippen LogP contribution >= 0.6 is 0 Å². The van der Waals surface area contributed by atoms with E-state index in [1.54, 1.807) is 6.07 Å². The number of hydrogen-bond acceptors (Lipinski definition) is 5. The van der Waals surface area contributed by atoms with Gasteiger partial charge in [0.05, 0.1) is 23.6 Å². The molecule has 1 fully saturated rings. The average molecular weight is 872 g/mol. The fourth-order valence-electron chi connectivity index (χ4n) is 8.09. The number of phenolic OH excluding ortho intramolecular Hbond substituents is 1. The Bertz CT molecular complexity index is 2390. The molecule has 7 aromatic rings.